The van der Waals surface area contributed by atoms with E-state index in [0.717, 1.165) is 5.56 Å². The molecule has 0 aliphatic carbocycles. The second-order valence-corrected chi connectivity index (χ2v) is 4.46. The normalized spacial score (nSPS) is 11.9. The zero-order chi connectivity index (χ0) is 14.4. The maximum absolute atomic E-state index is 11.3. The van der Waals surface area contributed by atoms with Crippen LogP contribution in [0.5, 0.6) is 0 Å². The predicted molar refractivity (Wildman–Crippen MR) is 71.3 cm³/mol. The van der Waals surface area contributed by atoms with E-state index in [2.05, 4.69) is 15.1 Å². The van der Waals surface area contributed by atoms with Crippen LogP contribution in [-0.4, -0.2) is 28.1 Å². The molecule has 6 heteroatoms. The summed E-state index contributed by atoms with van der Waals surface area (Å²) < 4.78 is 6.48. The minimum atomic E-state index is -0.195. The number of hydrogen-bond acceptors (Lipinski definition) is 5. The second kappa shape index (κ2) is 6.70. The van der Waals surface area contributed by atoms with Crippen molar-refractivity contribution in [3.63, 3.8) is 0 Å². The van der Waals surface area contributed by atoms with Crippen LogP contribution in [0.3, 0.4) is 0 Å². The van der Waals surface area contributed by atoms with E-state index in [1.165, 1.54) is 7.11 Å². The number of carbonyl (C=O) groups excluding carboxylic acids is 1. The van der Waals surface area contributed by atoms with Gasteiger partial charge in [-0.25, -0.2) is 9.97 Å². The molecular weight excluding hydrogens is 256 g/mol. The number of hydrogen-bond donors (Lipinski definition) is 0. The van der Waals surface area contributed by atoms with Crippen LogP contribution in [0, 0.1) is 5.92 Å². The van der Waals surface area contributed by atoms with Crippen molar-refractivity contribution >= 4 is 5.97 Å². The summed E-state index contributed by atoms with van der Waals surface area (Å²) in [5, 5.41) is 4.30. The molecule has 0 amide bonds. The molecule has 0 aliphatic heterocycles. The minimum absolute atomic E-state index is 0.133. The smallest absolute Gasteiger partial charge is 0.308 e. The molecule has 2 heterocycles. The Morgan fingerprint density at radius 2 is 2.15 bits per heavy atom. The van der Waals surface area contributed by atoms with Crippen LogP contribution in [0.15, 0.2) is 36.9 Å². The van der Waals surface area contributed by atoms with Crippen LogP contribution in [0.4, 0.5) is 0 Å². The summed E-state index contributed by atoms with van der Waals surface area (Å²) in [6.45, 7) is 2.50. The molecule has 0 saturated carbocycles. The van der Waals surface area contributed by atoms with Gasteiger partial charge in [0.25, 0.3) is 0 Å². The van der Waals surface area contributed by atoms with Gasteiger partial charge in [0.1, 0.15) is 6.20 Å². The average molecular weight is 273 g/mol. The van der Waals surface area contributed by atoms with E-state index in [4.69, 9.17) is 4.74 Å². The molecule has 0 saturated heterocycles. The van der Waals surface area contributed by atoms with E-state index < -0.39 is 0 Å². The number of ether oxygens (including phenoxy) is 1. The van der Waals surface area contributed by atoms with Crippen molar-refractivity contribution in [3.8, 4) is 11.4 Å². The molecule has 2 rings (SSSR count). The topological polar surface area (TPSA) is 68.8 Å². The summed E-state index contributed by atoms with van der Waals surface area (Å²) in [4.78, 5) is 19.6. The largest absolute Gasteiger partial charge is 0.469 e. The van der Waals surface area contributed by atoms with Gasteiger partial charge in [0.15, 0.2) is 18.6 Å². The first-order valence-electron chi connectivity index (χ1n) is 6.41. The van der Waals surface area contributed by atoms with Gasteiger partial charge in [-0.15, -0.1) is 0 Å². The van der Waals surface area contributed by atoms with Crippen molar-refractivity contribution in [1.29, 1.82) is 0 Å². The lowest BCUT2D eigenvalue weighted by Gasteiger charge is -2.05. The van der Waals surface area contributed by atoms with Gasteiger partial charge in [-0.1, -0.05) is 11.6 Å². The third kappa shape index (κ3) is 3.57. The molecule has 0 N–H and O–H groups in total. The third-order valence-electron chi connectivity index (χ3n) is 2.99. The molecule has 1 atom stereocenters. The van der Waals surface area contributed by atoms with Crippen molar-refractivity contribution in [2.45, 2.75) is 19.9 Å². The molecule has 2 aromatic heterocycles. The maximum atomic E-state index is 11.3. The van der Waals surface area contributed by atoms with E-state index >= 15 is 0 Å². The van der Waals surface area contributed by atoms with Gasteiger partial charge in [0.05, 0.1) is 13.0 Å². The third-order valence-corrected chi connectivity index (χ3v) is 2.99. The number of rotatable bonds is 5. The lowest BCUT2D eigenvalue weighted by atomic mass is 10.1. The van der Waals surface area contributed by atoms with Gasteiger partial charge in [-0.2, -0.15) is 0 Å². The Bertz CT molecular complexity index is 557. The predicted octanol–water partition coefficient (Wildman–Crippen LogP) is 1.03. The van der Waals surface area contributed by atoms with Gasteiger partial charge in [-0.05, 0) is 11.2 Å². The first kappa shape index (κ1) is 14.0. The van der Waals surface area contributed by atoms with Crippen LogP contribution in [0.25, 0.3) is 11.4 Å². The molecule has 0 aliphatic rings. The molecule has 0 radical (unpaired) electrons. The molecule has 6 nitrogen and oxygen atoms in total. The zero-order valence-electron chi connectivity index (χ0n) is 11.6. The number of carbonyl (C=O) groups is 1. The summed E-state index contributed by atoms with van der Waals surface area (Å²) in [5.41, 5.74) is 0.864. The van der Waals surface area contributed by atoms with Crippen LogP contribution >= 0.6 is 0 Å². The maximum Gasteiger partial charge on any atom is 0.308 e. The average Bonchev–Trinajstić information content (AvgIpc) is 2.53. The minimum Gasteiger partial charge on any atom is -0.469 e. The van der Waals surface area contributed by atoms with Gasteiger partial charge in [0, 0.05) is 30.4 Å². The highest BCUT2D eigenvalue weighted by Crippen LogP contribution is 2.09. The second-order valence-electron chi connectivity index (χ2n) is 4.46. The van der Waals surface area contributed by atoms with Gasteiger partial charge in [-0.3, -0.25) is 4.79 Å². The number of methoxy groups -OCH3 is 1. The molecule has 0 aromatic carbocycles. The Labute approximate surface area is 117 Å². The summed E-state index contributed by atoms with van der Waals surface area (Å²) in [7, 11) is 1.40. The standard InChI is InChI=1S/C14H17N4O2/c1-11(14(19)20-2)4-8-18-9-5-12(10-17-18)13-15-6-3-7-16-13/h3,5-7,9-11H,4,8H2,1-2H3/q+1/t11-/m1/s1. The summed E-state index contributed by atoms with van der Waals surface area (Å²) >= 11 is 0. The summed E-state index contributed by atoms with van der Waals surface area (Å²) in [5.74, 6) is 0.321. The van der Waals surface area contributed by atoms with E-state index in [-0.39, 0.29) is 11.9 Å². The van der Waals surface area contributed by atoms with Crippen LogP contribution in [-0.2, 0) is 16.1 Å². The number of esters is 1. The van der Waals surface area contributed by atoms with E-state index in [0.29, 0.717) is 18.8 Å². The molecular formula is C14H17N4O2+. The fourth-order valence-electron chi connectivity index (χ4n) is 1.74. The van der Waals surface area contributed by atoms with Crippen LogP contribution < -0.4 is 4.68 Å². The lowest BCUT2D eigenvalue weighted by molar-refractivity contribution is -0.754. The number of nitrogens with zero attached hydrogens (tertiary/aromatic N) is 4. The molecule has 104 valence electrons. The van der Waals surface area contributed by atoms with Crippen molar-refractivity contribution in [1.82, 2.24) is 15.1 Å². The van der Waals surface area contributed by atoms with Crippen LogP contribution in [0.1, 0.15) is 13.3 Å². The van der Waals surface area contributed by atoms with Crippen molar-refractivity contribution in [2.75, 3.05) is 7.11 Å². The van der Waals surface area contributed by atoms with E-state index in [1.807, 2.05) is 19.2 Å². The number of aromatic nitrogens is 4. The van der Waals surface area contributed by atoms with Crippen LogP contribution in [0.2, 0.25) is 0 Å². The fraction of sp³-hybridized carbons (Fsp3) is 0.357. The lowest BCUT2D eigenvalue weighted by Crippen LogP contribution is -2.38. The van der Waals surface area contributed by atoms with Crippen molar-refractivity contribution < 1.29 is 14.2 Å². The molecule has 0 unspecified atom stereocenters. The summed E-state index contributed by atoms with van der Waals surface area (Å²) in [6, 6.07) is 3.68. The highest BCUT2D eigenvalue weighted by atomic mass is 16.5. The Kier molecular flexibility index (Phi) is 4.70. The Hall–Kier alpha value is -2.37. The monoisotopic (exact) mass is 273 g/mol. The van der Waals surface area contributed by atoms with Gasteiger partial charge < -0.3 is 4.74 Å². The van der Waals surface area contributed by atoms with Crippen molar-refractivity contribution in [3.05, 3.63) is 36.9 Å². The van der Waals surface area contributed by atoms with Crippen molar-refractivity contribution in [2.24, 2.45) is 5.92 Å². The first-order chi connectivity index (χ1) is 9.70. The molecule has 0 bridgehead atoms. The first-order valence-corrected chi connectivity index (χ1v) is 6.41. The quantitative estimate of drug-likeness (QED) is 0.601. The zero-order valence-corrected chi connectivity index (χ0v) is 11.6. The summed E-state index contributed by atoms with van der Waals surface area (Å²) in [6.07, 6.45) is 7.65. The molecule has 2 aromatic rings. The number of aryl methyl sites for hydroxylation is 1. The Morgan fingerprint density at radius 1 is 1.40 bits per heavy atom. The highest BCUT2D eigenvalue weighted by Gasteiger charge is 2.16. The molecule has 0 fully saturated rings. The van der Waals surface area contributed by atoms with E-state index in [1.54, 1.807) is 29.3 Å². The Balaban J connectivity index is 1.97. The van der Waals surface area contributed by atoms with Gasteiger partial charge in [0.2, 0.25) is 0 Å². The van der Waals surface area contributed by atoms with Gasteiger partial charge >= 0.3 is 5.97 Å². The SMILES string of the molecule is COC(=O)[C@H](C)CC[n+]1ccc(-c2ncccn2)cn1. The molecule has 20 heavy (non-hydrogen) atoms. The highest BCUT2D eigenvalue weighted by molar-refractivity contribution is 5.71. The molecule has 0 spiro atoms. The fourth-order valence-corrected chi connectivity index (χ4v) is 1.74. The Morgan fingerprint density at radius 3 is 2.75 bits per heavy atom. The van der Waals surface area contributed by atoms with E-state index in [9.17, 15) is 4.79 Å².